The Morgan fingerprint density at radius 2 is 1.67 bits per heavy atom. The van der Waals surface area contributed by atoms with Crippen molar-refractivity contribution < 1.29 is 22.7 Å². The van der Waals surface area contributed by atoms with Crippen LogP contribution < -0.4 is 0 Å². The third kappa shape index (κ3) is 6.64. The van der Waals surface area contributed by atoms with Crippen LogP contribution in [0.2, 0.25) is 0 Å². The predicted octanol–water partition coefficient (Wildman–Crippen LogP) is 0.595. The molecule has 0 aromatic heterocycles. The third-order valence-electron chi connectivity index (χ3n) is 3.77. The van der Waals surface area contributed by atoms with E-state index >= 15 is 0 Å². The van der Waals surface area contributed by atoms with E-state index in [1.165, 1.54) is 4.31 Å². The predicted molar refractivity (Wildman–Crippen MR) is 91.0 cm³/mol. The van der Waals surface area contributed by atoms with E-state index in [4.69, 9.17) is 4.74 Å². The van der Waals surface area contributed by atoms with Crippen molar-refractivity contribution in [1.82, 2.24) is 14.1 Å². The maximum Gasteiger partial charge on any atom is 0.409 e. The zero-order chi connectivity index (χ0) is 18.3. The summed E-state index contributed by atoms with van der Waals surface area (Å²) in [6.07, 6.45) is 0.960. The molecule has 1 aliphatic rings. The summed E-state index contributed by atoms with van der Waals surface area (Å²) in [6.45, 7) is 8.32. The summed E-state index contributed by atoms with van der Waals surface area (Å²) >= 11 is 0. The molecule has 1 heterocycles. The first-order chi connectivity index (χ1) is 11.1. The number of carbonyl (C=O) groups is 2. The molecule has 0 N–H and O–H groups in total. The molecule has 0 aromatic carbocycles. The Morgan fingerprint density at radius 3 is 2.12 bits per heavy atom. The molecule has 1 aliphatic heterocycles. The maximum atomic E-state index is 12.3. The van der Waals surface area contributed by atoms with Gasteiger partial charge in [-0.1, -0.05) is 13.8 Å². The van der Waals surface area contributed by atoms with Crippen molar-refractivity contribution in [2.75, 3.05) is 52.1 Å². The molecule has 0 bridgehead atoms. The third-order valence-corrected chi connectivity index (χ3v) is 5.04. The van der Waals surface area contributed by atoms with Crippen LogP contribution in [0.3, 0.4) is 0 Å². The summed E-state index contributed by atoms with van der Waals surface area (Å²) in [6, 6.07) is 0. The van der Waals surface area contributed by atoms with Gasteiger partial charge in [-0.15, -0.1) is 0 Å². The number of amides is 2. The Bertz CT molecular complexity index is 527. The number of sulfonamides is 1. The van der Waals surface area contributed by atoms with Gasteiger partial charge in [-0.2, -0.15) is 0 Å². The van der Waals surface area contributed by atoms with Gasteiger partial charge >= 0.3 is 6.09 Å². The summed E-state index contributed by atoms with van der Waals surface area (Å²) in [5.74, 6) is 0.110. The monoisotopic (exact) mass is 363 g/mol. The molecule has 1 fully saturated rings. The van der Waals surface area contributed by atoms with E-state index in [-0.39, 0.29) is 30.9 Å². The number of rotatable bonds is 7. The molecular weight excluding hydrogens is 334 g/mol. The largest absolute Gasteiger partial charge is 0.450 e. The average molecular weight is 363 g/mol. The van der Waals surface area contributed by atoms with Crippen LogP contribution in [0.25, 0.3) is 0 Å². The van der Waals surface area contributed by atoms with Crippen molar-refractivity contribution in [3.8, 4) is 0 Å². The van der Waals surface area contributed by atoms with Gasteiger partial charge in [0.1, 0.15) is 0 Å². The van der Waals surface area contributed by atoms with Crippen molar-refractivity contribution in [2.45, 2.75) is 27.2 Å². The van der Waals surface area contributed by atoms with Crippen LogP contribution in [0.1, 0.15) is 27.2 Å². The highest BCUT2D eigenvalue weighted by Crippen LogP contribution is 2.09. The normalized spacial score (nSPS) is 15.9. The topological polar surface area (TPSA) is 87.2 Å². The van der Waals surface area contributed by atoms with Gasteiger partial charge in [0.25, 0.3) is 0 Å². The Kier molecular flexibility index (Phi) is 7.95. The van der Waals surface area contributed by atoms with Gasteiger partial charge in [0.15, 0.2) is 0 Å². The van der Waals surface area contributed by atoms with Crippen LogP contribution in [0.15, 0.2) is 0 Å². The zero-order valence-electron chi connectivity index (χ0n) is 15.0. The van der Waals surface area contributed by atoms with E-state index in [1.54, 1.807) is 16.7 Å². The van der Waals surface area contributed by atoms with E-state index in [9.17, 15) is 18.0 Å². The summed E-state index contributed by atoms with van der Waals surface area (Å²) in [5.41, 5.74) is 0. The number of nitrogens with zero attached hydrogens (tertiary/aromatic N) is 3. The lowest BCUT2D eigenvalue weighted by molar-refractivity contribution is -0.132. The summed E-state index contributed by atoms with van der Waals surface area (Å²) < 4.78 is 29.8. The highest BCUT2D eigenvalue weighted by atomic mass is 32.2. The van der Waals surface area contributed by atoms with Crippen LogP contribution in [0.4, 0.5) is 4.79 Å². The Labute approximate surface area is 144 Å². The van der Waals surface area contributed by atoms with Gasteiger partial charge in [-0.05, 0) is 12.8 Å². The molecule has 0 atom stereocenters. The Balaban J connectivity index is 2.47. The van der Waals surface area contributed by atoms with Crippen LogP contribution in [-0.2, 0) is 19.6 Å². The minimum Gasteiger partial charge on any atom is -0.450 e. The number of hydrogen-bond acceptors (Lipinski definition) is 5. The average Bonchev–Trinajstić information content (AvgIpc) is 2.50. The molecule has 0 radical (unpaired) electrons. The fraction of sp³-hybridized carbons (Fsp3) is 0.867. The van der Waals surface area contributed by atoms with E-state index in [0.717, 1.165) is 6.26 Å². The molecule has 9 heteroatoms. The van der Waals surface area contributed by atoms with Gasteiger partial charge in [0.05, 0.1) is 12.9 Å². The van der Waals surface area contributed by atoms with Crippen LogP contribution in [0.5, 0.6) is 0 Å². The first-order valence-electron chi connectivity index (χ1n) is 8.29. The second-order valence-electron chi connectivity index (χ2n) is 6.33. The van der Waals surface area contributed by atoms with Gasteiger partial charge in [0.2, 0.25) is 15.9 Å². The summed E-state index contributed by atoms with van der Waals surface area (Å²) in [7, 11) is -3.32. The lowest BCUT2D eigenvalue weighted by Gasteiger charge is -2.34. The second kappa shape index (κ2) is 9.22. The van der Waals surface area contributed by atoms with E-state index < -0.39 is 10.0 Å². The van der Waals surface area contributed by atoms with Gasteiger partial charge in [-0.3, -0.25) is 4.79 Å². The van der Waals surface area contributed by atoms with E-state index in [1.807, 2.05) is 13.8 Å². The standard InChI is InChI=1S/C15H29N3O5S/c1-5-23-15(20)17-10-8-16(9-11-17)14(19)6-7-18(12-13(2)3)24(4,21)22/h13H,5-12H2,1-4H3. The van der Waals surface area contributed by atoms with Crippen molar-refractivity contribution in [2.24, 2.45) is 5.92 Å². The molecule has 2 amide bonds. The summed E-state index contributed by atoms with van der Waals surface area (Å²) in [5, 5.41) is 0. The number of piperazine rings is 1. The lowest BCUT2D eigenvalue weighted by atomic mass is 10.2. The number of hydrogen-bond donors (Lipinski definition) is 0. The maximum absolute atomic E-state index is 12.3. The van der Waals surface area contributed by atoms with Gasteiger partial charge in [0, 0.05) is 45.7 Å². The van der Waals surface area contributed by atoms with Crippen LogP contribution in [0, 0.1) is 5.92 Å². The van der Waals surface area contributed by atoms with Crippen molar-refractivity contribution >= 4 is 22.0 Å². The quantitative estimate of drug-likeness (QED) is 0.661. The fourth-order valence-electron chi connectivity index (χ4n) is 2.53. The van der Waals surface area contributed by atoms with Crippen LogP contribution in [-0.4, -0.2) is 86.7 Å². The SMILES string of the molecule is CCOC(=O)N1CCN(C(=O)CCN(CC(C)C)S(C)(=O)=O)CC1. The summed E-state index contributed by atoms with van der Waals surface area (Å²) in [4.78, 5) is 27.2. The highest BCUT2D eigenvalue weighted by Gasteiger charge is 2.26. The molecular formula is C15H29N3O5S. The first kappa shape index (κ1) is 20.7. The van der Waals surface area contributed by atoms with E-state index in [2.05, 4.69) is 0 Å². The molecule has 0 spiro atoms. The van der Waals surface area contributed by atoms with Gasteiger partial charge < -0.3 is 14.5 Å². The van der Waals surface area contributed by atoms with Crippen molar-refractivity contribution in [3.63, 3.8) is 0 Å². The number of carbonyl (C=O) groups excluding carboxylic acids is 2. The Hall–Kier alpha value is -1.35. The van der Waals surface area contributed by atoms with Crippen LogP contribution >= 0.6 is 0 Å². The molecule has 8 nitrogen and oxygen atoms in total. The fourth-order valence-corrected chi connectivity index (χ4v) is 3.52. The molecule has 140 valence electrons. The molecule has 0 unspecified atom stereocenters. The van der Waals surface area contributed by atoms with E-state index in [0.29, 0.717) is 39.3 Å². The zero-order valence-corrected chi connectivity index (χ0v) is 15.8. The smallest absolute Gasteiger partial charge is 0.409 e. The number of ether oxygens (including phenoxy) is 1. The Morgan fingerprint density at radius 1 is 1.12 bits per heavy atom. The minimum absolute atomic E-state index is 0.0871. The molecule has 0 aliphatic carbocycles. The molecule has 1 rings (SSSR count). The van der Waals surface area contributed by atoms with Crippen molar-refractivity contribution in [3.05, 3.63) is 0 Å². The lowest BCUT2D eigenvalue weighted by Crippen LogP contribution is -2.51. The first-order valence-corrected chi connectivity index (χ1v) is 10.1. The molecule has 0 aromatic rings. The van der Waals surface area contributed by atoms with Gasteiger partial charge in [-0.25, -0.2) is 17.5 Å². The van der Waals surface area contributed by atoms with Crippen molar-refractivity contribution in [1.29, 1.82) is 0 Å². The second-order valence-corrected chi connectivity index (χ2v) is 8.31. The minimum atomic E-state index is -3.32. The molecule has 24 heavy (non-hydrogen) atoms. The molecule has 0 saturated carbocycles. The molecule has 1 saturated heterocycles. The highest BCUT2D eigenvalue weighted by molar-refractivity contribution is 7.88.